The van der Waals surface area contributed by atoms with Crippen molar-refractivity contribution < 1.29 is 9.18 Å². The van der Waals surface area contributed by atoms with Crippen LogP contribution in [0.4, 0.5) is 9.52 Å². The molecule has 0 atom stereocenters. The van der Waals surface area contributed by atoms with E-state index in [0.29, 0.717) is 22.3 Å². The largest absolute Gasteiger partial charge is 0.298 e. The van der Waals surface area contributed by atoms with Crippen molar-refractivity contribution in [3.8, 4) is 0 Å². The van der Waals surface area contributed by atoms with Crippen molar-refractivity contribution in [2.75, 3.05) is 5.32 Å². The number of alkyl halides is 1. The van der Waals surface area contributed by atoms with Crippen molar-refractivity contribution in [3.63, 3.8) is 0 Å². The molecule has 0 spiro atoms. The van der Waals surface area contributed by atoms with Crippen LogP contribution in [-0.2, 0) is 5.88 Å². The van der Waals surface area contributed by atoms with Crippen molar-refractivity contribution in [2.24, 2.45) is 0 Å². The van der Waals surface area contributed by atoms with Crippen LogP contribution in [0.1, 0.15) is 16.1 Å². The third kappa shape index (κ3) is 3.01. The first-order valence-electron chi connectivity index (χ1n) is 4.76. The molecule has 6 heteroatoms. The molecule has 1 aromatic heterocycles. The van der Waals surface area contributed by atoms with E-state index in [1.165, 1.54) is 35.6 Å². The second-order valence-corrected chi connectivity index (χ2v) is 4.36. The average Bonchev–Trinajstić information content (AvgIpc) is 2.77. The quantitative estimate of drug-likeness (QED) is 0.870. The number of rotatable bonds is 3. The van der Waals surface area contributed by atoms with Gasteiger partial charge in [0.15, 0.2) is 5.13 Å². The number of aromatic nitrogens is 1. The van der Waals surface area contributed by atoms with Crippen LogP contribution in [0.15, 0.2) is 29.6 Å². The minimum atomic E-state index is -0.375. The molecule has 0 bridgehead atoms. The Hall–Kier alpha value is -1.46. The Labute approximate surface area is 106 Å². The zero-order chi connectivity index (χ0) is 12.3. The summed E-state index contributed by atoms with van der Waals surface area (Å²) in [6, 6.07) is 5.31. The highest BCUT2D eigenvalue weighted by Crippen LogP contribution is 2.17. The minimum absolute atomic E-state index is 0.308. The topological polar surface area (TPSA) is 42.0 Å². The predicted octanol–water partition coefficient (Wildman–Crippen LogP) is 3.27. The van der Waals surface area contributed by atoms with Gasteiger partial charge in [-0.25, -0.2) is 9.37 Å². The van der Waals surface area contributed by atoms with E-state index < -0.39 is 0 Å². The molecule has 0 saturated carbocycles. The number of anilines is 1. The highest BCUT2D eigenvalue weighted by atomic mass is 35.5. The molecule has 0 aliphatic carbocycles. The lowest BCUT2D eigenvalue weighted by Crippen LogP contribution is -2.11. The molecule has 1 aromatic carbocycles. The van der Waals surface area contributed by atoms with E-state index in [2.05, 4.69) is 10.3 Å². The maximum Gasteiger partial charge on any atom is 0.257 e. The Morgan fingerprint density at radius 2 is 2.12 bits per heavy atom. The van der Waals surface area contributed by atoms with Gasteiger partial charge in [0.25, 0.3) is 5.91 Å². The van der Waals surface area contributed by atoms with E-state index in [1.807, 2.05) is 0 Å². The molecule has 0 saturated heterocycles. The van der Waals surface area contributed by atoms with Crippen LogP contribution in [0.5, 0.6) is 0 Å². The fourth-order valence-electron chi connectivity index (χ4n) is 1.20. The van der Waals surface area contributed by atoms with Crippen molar-refractivity contribution in [1.29, 1.82) is 0 Å². The number of benzene rings is 1. The highest BCUT2D eigenvalue weighted by molar-refractivity contribution is 7.14. The summed E-state index contributed by atoms with van der Waals surface area (Å²) in [7, 11) is 0. The van der Waals surface area contributed by atoms with Gasteiger partial charge in [0.1, 0.15) is 5.82 Å². The maximum atomic E-state index is 12.7. The molecule has 0 aliphatic rings. The molecule has 1 amide bonds. The first kappa shape index (κ1) is 12.0. The van der Waals surface area contributed by atoms with E-state index in [-0.39, 0.29) is 11.7 Å². The molecular weight excluding hydrogens is 263 g/mol. The van der Waals surface area contributed by atoms with E-state index in [4.69, 9.17) is 11.6 Å². The normalized spacial score (nSPS) is 10.2. The highest BCUT2D eigenvalue weighted by Gasteiger charge is 2.08. The Morgan fingerprint density at radius 3 is 2.71 bits per heavy atom. The predicted molar refractivity (Wildman–Crippen MR) is 66.0 cm³/mol. The minimum Gasteiger partial charge on any atom is -0.298 e. The van der Waals surface area contributed by atoms with Gasteiger partial charge >= 0.3 is 0 Å². The number of amides is 1. The summed E-state index contributed by atoms with van der Waals surface area (Å²) >= 11 is 6.90. The van der Waals surface area contributed by atoms with Crippen molar-refractivity contribution in [2.45, 2.75) is 5.88 Å². The Morgan fingerprint density at radius 1 is 1.41 bits per heavy atom. The van der Waals surface area contributed by atoms with E-state index in [1.54, 1.807) is 5.38 Å². The smallest absolute Gasteiger partial charge is 0.257 e. The van der Waals surface area contributed by atoms with E-state index in [0.717, 1.165) is 0 Å². The molecule has 0 radical (unpaired) electrons. The maximum absolute atomic E-state index is 12.7. The fraction of sp³-hybridized carbons (Fsp3) is 0.0909. The third-order valence-electron chi connectivity index (χ3n) is 2.02. The van der Waals surface area contributed by atoms with Gasteiger partial charge in [0.2, 0.25) is 0 Å². The summed E-state index contributed by atoms with van der Waals surface area (Å²) in [5.74, 6) is -0.385. The molecular formula is C11H8ClFN2OS. The second-order valence-electron chi connectivity index (χ2n) is 3.24. The van der Waals surface area contributed by atoms with Gasteiger partial charge in [0, 0.05) is 10.9 Å². The van der Waals surface area contributed by atoms with Crippen LogP contribution in [0, 0.1) is 5.82 Å². The Kier molecular flexibility index (Phi) is 3.71. The summed E-state index contributed by atoms with van der Waals surface area (Å²) in [4.78, 5) is 15.8. The first-order chi connectivity index (χ1) is 8.19. The lowest BCUT2D eigenvalue weighted by molar-refractivity contribution is 0.102. The molecule has 2 rings (SSSR count). The monoisotopic (exact) mass is 270 g/mol. The van der Waals surface area contributed by atoms with Crippen LogP contribution < -0.4 is 5.32 Å². The Balaban J connectivity index is 2.08. The van der Waals surface area contributed by atoms with Crippen molar-refractivity contribution in [1.82, 2.24) is 4.98 Å². The number of carbonyl (C=O) groups excluding carboxylic acids is 1. The Bertz CT molecular complexity index is 527. The zero-order valence-electron chi connectivity index (χ0n) is 8.61. The number of hydrogen-bond donors (Lipinski definition) is 1. The number of halogens is 2. The summed E-state index contributed by atoms with van der Waals surface area (Å²) in [5.41, 5.74) is 1.10. The molecule has 3 nitrogen and oxygen atoms in total. The standard InChI is InChI=1S/C11H8ClFN2OS/c12-5-9-6-17-11(14-9)15-10(16)7-1-3-8(13)4-2-7/h1-4,6H,5H2,(H,14,15,16). The van der Waals surface area contributed by atoms with Gasteiger partial charge in [-0.1, -0.05) is 0 Å². The van der Waals surface area contributed by atoms with Gasteiger partial charge in [-0.15, -0.1) is 22.9 Å². The van der Waals surface area contributed by atoms with Crippen LogP contribution in [-0.4, -0.2) is 10.9 Å². The molecule has 0 unspecified atom stereocenters. The zero-order valence-corrected chi connectivity index (χ0v) is 10.2. The first-order valence-corrected chi connectivity index (χ1v) is 6.18. The molecule has 17 heavy (non-hydrogen) atoms. The lowest BCUT2D eigenvalue weighted by Gasteiger charge is -2.00. The SMILES string of the molecule is O=C(Nc1nc(CCl)cs1)c1ccc(F)cc1. The lowest BCUT2D eigenvalue weighted by atomic mass is 10.2. The number of nitrogens with zero attached hydrogens (tertiary/aromatic N) is 1. The summed E-state index contributed by atoms with van der Waals surface area (Å²) < 4.78 is 12.7. The summed E-state index contributed by atoms with van der Waals surface area (Å²) in [6.45, 7) is 0. The molecule has 0 fully saturated rings. The number of hydrogen-bond acceptors (Lipinski definition) is 3. The van der Waals surface area contributed by atoms with Crippen LogP contribution in [0.2, 0.25) is 0 Å². The number of nitrogens with one attached hydrogen (secondary N) is 1. The van der Waals surface area contributed by atoms with Gasteiger partial charge in [-0.2, -0.15) is 0 Å². The molecule has 0 aliphatic heterocycles. The van der Waals surface area contributed by atoms with Crippen LogP contribution in [0.25, 0.3) is 0 Å². The summed E-state index contributed by atoms with van der Waals surface area (Å²) in [6.07, 6.45) is 0. The van der Waals surface area contributed by atoms with E-state index >= 15 is 0 Å². The average molecular weight is 271 g/mol. The van der Waals surface area contributed by atoms with Crippen molar-refractivity contribution in [3.05, 3.63) is 46.7 Å². The second kappa shape index (κ2) is 5.25. The van der Waals surface area contributed by atoms with E-state index in [9.17, 15) is 9.18 Å². The molecule has 1 heterocycles. The molecule has 2 aromatic rings. The molecule has 88 valence electrons. The van der Waals surface area contributed by atoms with Crippen molar-refractivity contribution >= 4 is 34.0 Å². The van der Waals surface area contributed by atoms with Gasteiger partial charge in [0.05, 0.1) is 11.6 Å². The number of carbonyl (C=O) groups is 1. The van der Waals surface area contributed by atoms with Crippen LogP contribution in [0.3, 0.4) is 0 Å². The number of thiazole rings is 1. The van der Waals surface area contributed by atoms with Gasteiger partial charge < -0.3 is 0 Å². The van der Waals surface area contributed by atoms with Gasteiger partial charge in [-0.05, 0) is 24.3 Å². The third-order valence-corrected chi connectivity index (χ3v) is 3.10. The molecule has 1 N–H and O–H groups in total. The summed E-state index contributed by atoms with van der Waals surface area (Å²) in [5, 5.41) is 4.87. The fourth-order valence-corrected chi connectivity index (χ4v) is 2.13. The van der Waals surface area contributed by atoms with Crippen LogP contribution >= 0.6 is 22.9 Å². The van der Waals surface area contributed by atoms with Gasteiger partial charge in [-0.3, -0.25) is 10.1 Å².